The quantitative estimate of drug-likeness (QED) is 0.155. The van der Waals surface area contributed by atoms with Gasteiger partial charge in [-0.3, -0.25) is 28.9 Å². The van der Waals surface area contributed by atoms with Gasteiger partial charge in [0.05, 0.1) is 27.9 Å². The van der Waals surface area contributed by atoms with Gasteiger partial charge in [-0.1, -0.05) is 50.2 Å². The van der Waals surface area contributed by atoms with Crippen molar-refractivity contribution in [3.63, 3.8) is 0 Å². The average Bonchev–Trinajstić information content (AvgIpc) is 3.39. The van der Waals surface area contributed by atoms with Gasteiger partial charge in [0.2, 0.25) is 0 Å². The van der Waals surface area contributed by atoms with E-state index in [1.165, 1.54) is 68.5 Å². The fraction of sp³-hybridized carbons (Fsp3) is 0.275. The number of hydrogen-bond acceptors (Lipinski definition) is 5. The van der Waals surface area contributed by atoms with Gasteiger partial charge in [0.25, 0.3) is 23.6 Å². The minimum absolute atomic E-state index is 0.151. The standard InChI is InChI=1S/C40H38N2O5/c1-20(2)34-22(5)13-26(14-23(34)6)17-27-15-24(7)35(25(8)16-27)42-38(45)31-12-10-29(19-33(31)40(42)47)36(43)28-9-11-30-32(18-28)39(46)41(21(3)4)37(30)44/h9-16,18-21H,17H2,1-8H3. The number of ketones is 1. The summed E-state index contributed by atoms with van der Waals surface area (Å²) < 4.78 is 0. The molecule has 7 heteroatoms. The van der Waals surface area contributed by atoms with Gasteiger partial charge in [-0.2, -0.15) is 0 Å². The Hall–Kier alpha value is -5.17. The average molecular weight is 627 g/mol. The molecule has 2 heterocycles. The number of carbonyl (C=O) groups excluding carboxylic acids is 5. The molecule has 0 saturated carbocycles. The summed E-state index contributed by atoms with van der Waals surface area (Å²) in [6, 6.07) is 17.1. The van der Waals surface area contributed by atoms with Crippen LogP contribution in [-0.4, -0.2) is 40.4 Å². The van der Waals surface area contributed by atoms with E-state index in [0.717, 1.165) is 23.1 Å². The predicted octanol–water partition coefficient (Wildman–Crippen LogP) is 7.67. The molecule has 0 atom stereocenters. The van der Waals surface area contributed by atoms with E-state index in [-0.39, 0.29) is 45.3 Å². The molecule has 47 heavy (non-hydrogen) atoms. The molecule has 0 radical (unpaired) electrons. The van der Waals surface area contributed by atoms with Crippen LogP contribution in [-0.2, 0) is 6.42 Å². The largest absolute Gasteiger partial charge is 0.289 e. The van der Waals surface area contributed by atoms with Gasteiger partial charge in [-0.25, -0.2) is 4.90 Å². The second-order valence-electron chi connectivity index (χ2n) is 13.4. The number of anilines is 1. The van der Waals surface area contributed by atoms with Crippen molar-refractivity contribution in [1.29, 1.82) is 0 Å². The van der Waals surface area contributed by atoms with Crippen LogP contribution in [0.4, 0.5) is 5.69 Å². The topological polar surface area (TPSA) is 91.8 Å². The van der Waals surface area contributed by atoms with E-state index in [2.05, 4.69) is 39.8 Å². The maximum absolute atomic E-state index is 13.8. The smallest absolute Gasteiger partial charge is 0.266 e. The lowest BCUT2D eigenvalue weighted by Gasteiger charge is -2.21. The van der Waals surface area contributed by atoms with E-state index < -0.39 is 23.5 Å². The molecule has 0 N–H and O–H groups in total. The van der Waals surface area contributed by atoms with Crippen molar-refractivity contribution in [3.05, 3.63) is 133 Å². The Balaban J connectivity index is 1.27. The van der Waals surface area contributed by atoms with Crippen molar-refractivity contribution in [2.75, 3.05) is 4.90 Å². The lowest BCUT2D eigenvalue weighted by Crippen LogP contribution is -2.35. The minimum atomic E-state index is -0.489. The zero-order chi connectivity index (χ0) is 34.1. The molecule has 0 aromatic heterocycles. The van der Waals surface area contributed by atoms with Crippen molar-refractivity contribution in [1.82, 2.24) is 4.90 Å². The highest BCUT2D eigenvalue weighted by molar-refractivity contribution is 6.35. The molecule has 2 aliphatic rings. The molecule has 0 unspecified atom stereocenters. The summed E-state index contributed by atoms with van der Waals surface area (Å²) in [4.78, 5) is 69.0. The van der Waals surface area contributed by atoms with Crippen molar-refractivity contribution >= 4 is 35.1 Å². The molecule has 6 rings (SSSR count). The van der Waals surface area contributed by atoms with Gasteiger partial charge in [0.15, 0.2) is 5.78 Å². The van der Waals surface area contributed by atoms with Crippen molar-refractivity contribution in [2.24, 2.45) is 0 Å². The summed E-state index contributed by atoms with van der Waals surface area (Å²) in [6.45, 7) is 16.0. The lowest BCUT2D eigenvalue weighted by molar-refractivity contribution is 0.0608. The number of rotatable bonds is 7. The molecule has 0 spiro atoms. The summed E-state index contributed by atoms with van der Waals surface area (Å²) in [7, 11) is 0. The van der Waals surface area contributed by atoms with Crippen LogP contribution in [0.1, 0.15) is 130 Å². The van der Waals surface area contributed by atoms with Crippen molar-refractivity contribution in [3.8, 4) is 0 Å². The lowest BCUT2D eigenvalue weighted by atomic mass is 9.89. The first-order valence-corrected chi connectivity index (χ1v) is 16.0. The van der Waals surface area contributed by atoms with E-state index in [4.69, 9.17) is 0 Å². The monoisotopic (exact) mass is 626 g/mol. The highest BCUT2D eigenvalue weighted by Crippen LogP contribution is 2.36. The summed E-state index contributed by atoms with van der Waals surface area (Å²) in [5.74, 6) is -1.71. The first kappa shape index (κ1) is 31.8. The third-order valence-corrected chi connectivity index (χ3v) is 9.26. The predicted molar refractivity (Wildman–Crippen MR) is 182 cm³/mol. The number of amides is 4. The van der Waals surface area contributed by atoms with Crippen LogP contribution < -0.4 is 4.90 Å². The summed E-state index contributed by atoms with van der Waals surface area (Å²) in [5, 5.41) is 0. The van der Waals surface area contributed by atoms with Crippen LogP contribution in [0, 0.1) is 27.7 Å². The Labute approximate surface area is 275 Å². The third kappa shape index (κ3) is 5.20. The van der Waals surface area contributed by atoms with E-state index in [1.54, 1.807) is 13.8 Å². The minimum Gasteiger partial charge on any atom is -0.289 e. The fourth-order valence-corrected chi connectivity index (χ4v) is 7.43. The van der Waals surface area contributed by atoms with Gasteiger partial charge in [-0.05, 0) is 117 Å². The number of benzene rings is 4. The number of nitrogens with zero attached hydrogens (tertiary/aromatic N) is 2. The Bertz CT molecular complexity index is 2020. The molecule has 0 bridgehead atoms. The Morgan fingerprint density at radius 3 is 1.49 bits per heavy atom. The zero-order valence-corrected chi connectivity index (χ0v) is 28.1. The number of imide groups is 2. The molecule has 0 saturated heterocycles. The molecule has 4 aromatic rings. The van der Waals surface area contributed by atoms with Gasteiger partial charge < -0.3 is 0 Å². The zero-order valence-electron chi connectivity index (χ0n) is 28.1. The molecule has 2 aliphatic heterocycles. The highest BCUT2D eigenvalue weighted by atomic mass is 16.2. The maximum atomic E-state index is 13.8. The second kappa shape index (κ2) is 11.6. The van der Waals surface area contributed by atoms with Crippen LogP contribution in [0.5, 0.6) is 0 Å². The Morgan fingerprint density at radius 2 is 1.00 bits per heavy atom. The SMILES string of the molecule is Cc1cc(Cc2cc(C)c(N3C(=O)c4ccc(C(=O)c5ccc6c(c5)C(=O)N(C(C)C)C6=O)cc4C3=O)c(C)c2)cc(C)c1C(C)C. The first-order chi connectivity index (χ1) is 22.2. The third-order valence-electron chi connectivity index (χ3n) is 9.26. The summed E-state index contributed by atoms with van der Waals surface area (Å²) in [6.07, 6.45) is 0.730. The van der Waals surface area contributed by atoms with Crippen LogP contribution in [0.2, 0.25) is 0 Å². The second-order valence-corrected chi connectivity index (χ2v) is 13.4. The molecule has 7 nitrogen and oxygen atoms in total. The molecule has 4 amide bonds. The van der Waals surface area contributed by atoms with E-state index in [1.807, 2.05) is 26.0 Å². The molecular weight excluding hydrogens is 588 g/mol. The Morgan fingerprint density at radius 1 is 0.574 bits per heavy atom. The number of hydrogen-bond donors (Lipinski definition) is 0. The summed E-state index contributed by atoms with van der Waals surface area (Å²) >= 11 is 0. The first-order valence-electron chi connectivity index (χ1n) is 16.0. The van der Waals surface area contributed by atoms with Crippen molar-refractivity contribution < 1.29 is 24.0 Å². The van der Waals surface area contributed by atoms with E-state index in [0.29, 0.717) is 11.6 Å². The highest BCUT2D eigenvalue weighted by Gasteiger charge is 2.40. The molecule has 4 aromatic carbocycles. The fourth-order valence-electron chi connectivity index (χ4n) is 7.43. The molecule has 238 valence electrons. The van der Waals surface area contributed by atoms with Gasteiger partial charge >= 0.3 is 0 Å². The molecule has 0 fully saturated rings. The maximum Gasteiger partial charge on any atom is 0.266 e. The Kier molecular flexibility index (Phi) is 7.83. The van der Waals surface area contributed by atoms with Gasteiger partial charge in [0.1, 0.15) is 0 Å². The van der Waals surface area contributed by atoms with Crippen LogP contribution >= 0.6 is 0 Å². The van der Waals surface area contributed by atoms with Crippen LogP contribution in [0.25, 0.3) is 0 Å². The number of aryl methyl sites for hydroxylation is 4. The van der Waals surface area contributed by atoms with E-state index in [9.17, 15) is 24.0 Å². The summed E-state index contributed by atoms with van der Waals surface area (Å²) in [5.41, 5.74) is 9.66. The van der Waals surface area contributed by atoms with Gasteiger partial charge in [-0.15, -0.1) is 0 Å². The van der Waals surface area contributed by atoms with Crippen molar-refractivity contribution in [2.45, 2.75) is 73.8 Å². The molecule has 0 aliphatic carbocycles. The normalized spacial score (nSPS) is 14.2. The number of fused-ring (bicyclic) bond motifs is 2. The molecular formula is C40H38N2O5. The van der Waals surface area contributed by atoms with Crippen LogP contribution in [0.3, 0.4) is 0 Å². The number of carbonyl (C=O) groups is 5. The van der Waals surface area contributed by atoms with E-state index >= 15 is 0 Å². The van der Waals surface area contributed by atoms with Gasteiger partial charge in [0, 0.05) is 17.2 Å². The van der Waals surface area contributed by atoms with Crippen LogP contribution in [0.15, 0.2) is 60.7 Å².